The lowest BCUT2D eigenvalue weighted by Crippen LogP contribution is -2.42. The molecule has 0 radical (unpaired) electrons. The standard InChI is InChI=1S/C10H16O4/c1-5-4-6(2)10(13)14-8(5)7(3)9(11)12/h5-8H,4H2,1-3H3,(H,11,12)/t5-,6-,7+,8-/m0/s1. The molecule has 0 aromatic carbocycles. The summed E-state index contributed by atoms with van der Waals surface area (Å²) in [5, 5.41) is 8.81. The number of cyclic esters (lactones) is 1. The minimum absolute atomic E-state index is 0.109. The lowest BCUT2D eigenvalue weighted by atomic mass is 9.84. The summed E-state index contributed by atoms with van der Waals surface area (Å²) in [4.78, 5) is 22.0. The zero-order valence-electron chi connectivity index (χ0n) is 8.69. The summed E-state index contributed by atoms with van der Waals surface area (Å²) in [5.41, 5.74) is 0. The average molecular weight is 200 g/mol. The van der Waals surface area contributed by atoms with E-state index in [-0.39, 0.29) is 17.8 Å². The number of carboxylic acids is 1. The molecule has 4 heteroatoms. The zero-order chi connectivity index (χ0) is 10.9. The maximum atomic E-state index is 11.3. The highest BCUT2D eigenvalue weighted by molar-refractivity contribution is 5.75. The molecule has 0 saturated carbocycles. The molecule has 4 atom stereocenters. The first kappa shape index (κ1) is 11.0. The molecule has 1 heterocycles. The first-order valence-electron chi connectivity index (χ1n) is 4.86. The van der Waals surface area contributed by atoms with Gasteiger partial charge in [0.2, 0.25) is 0 Å². The Morgan fingerprint density at radius 1 is 1.57 bits per heavy atom. The number of carbonyl (C=O) groups excluding carboxylic acids is 1. The topological polar surface area (TPSA) is 63.6 Å². The van der Waals surface area contributed by atoms with Crippen molar-refractivity contribution in [2.24, 2.45) is 17.8 Å². The van der Waals surface area contributed by atoms with Crippen LogP contribution in [-0.4, -0.2) is 23.1 Å². The molecule has 0 spiro atoms. The fourth-order valence-corrected chi connectivity index (χ4v) is 1.89. The molecule has 1 aliphatic heterocycles. The third-order valence-corrected chi connectivity index (χ3v) is 2.82. The first-order chi connectivity index (χ1) is 6.43. The fourth-order valence-electron chi connectivity index (χ4n) is 1.89. The van der Waals surface area contributed by atoms with Crippen LogP contribution in [-0.2, 0) is 14.3 Å². The van der Waals surface area contributed by atoms with Gasteiger partial charge in [-0.25, -0.2) is 0 Å². The van der Waals surface area contributed by atoms with E-state index in [9.17, 15) is 9.59 Å². The molecule has 0 unspecified atom stereocenters. The molecule has 1 saturated heterocycles. The summed E-state index contributed by atoms with van der Waals surface area (Å²) >= 11 is 0. The van der Waals surface area contributed by atoms with Gasteiger partial charge in [0.1, 0.15) is 6.10 Å². The molecule has 4 nitrogen and oxygen atoms in total. The highest BCUT2D eigenvalue weighted by atomic mass is 16.5. The van der Waals surface area contributed by atoms with E-state index in [0.717, 1.165) is 0 Å². The van der Waals surface area contributed by atoms with E-state index in [4.69, 9.17) is 9.84 Å². The SMILES string of the molecule is C[C@H]1C[C@H](C)[C@@H]([C@@H](C)C(=O)O)OC1=O. The molecule has 0 bridgehead atoms. The van der Waals surface area contributed by atoms with Gasteiger partial charge in [0.05, 0.1) is 11.8 Å². The molecule has 1 N–H and O–H groups in total. The second-order valence-electron chi connectivity index (χ2n) is 4.14. The number of aliphatic carboxylic acids is 1. The van der Waals surface area contributed by atoms with Gasteiger partial charge < -0.3 is 9.84 Å². The van der Waals surface area contributed by atoms with Crippen LogP contribution in [0.15, 0.2) is 0 Å². The molecular weight excluding hydrogens is 184 g/mol. The monoisotopic (exact) mass is 200 g/mol. The molecule has 1 aliphatic rings. The van der Waals surface area contributed by atoms with Crippen molar-refractivity contribution in [3.63, 3.8) is 0 Å². The van der Waals surface area contributed by atoms with Gasteiger partial charge in [-0.2, -0.15) is 0 Å². The second kappa shape index (κ2) is 3.98. The van der Waals surface area contributed by atoms with Crippen molar-refractivity contribution >= 4 is 11.9 Å². The van der Waals surface area contributed by atoms with Crippen molar-refractivity contribution in [2.45, 2.75) is 33.3 Å². The Morgan fingerprint density at radius 3 is 2.64 bits per heavy atom. The minimum atomic E-state index is -0.913. The lowest BCUT2D eigenvalue weighted by molar-refractivity contribution is -0.172. The van der Waals surface area contributed by atoms with Crippen molar-refractivity contribution < 1.29 is 19.4 Å². The molecular formula is C10H16O4. The smallest absolute Gasteiger partial charge is 0.309 e. The number of rotatable bonds is 2. The highest BCUT2D eigenvalue weighted by Gasteiger charge is 2.38. The molecule has 14 heavy (non-hydrogen) atoms. The van der Waals surface area contributed by atoms with Crippen LogP contribution in [0.3, 0.4) is 0 Å². The van der Waals surface area contributed by atoms with Gasteiger partial charge >= 0.3 is 11.9 Å². The van der Waals surface area contributed by atoms with E-state index in [1.807, 2.05) is 6.92 Å². The molecule has 0 amide bonds. The first-order valence-corrected chi connectivity index (χ1v) is 4.86. The second-order valence-corrected chi connectivity index (χ2v) is 4.14. The van der Waals surface area contributed by atoms with Crippen molar-refractivity contribution in [1.29, 1.82) is 0 Å². The minimum Gasteiger partial charge on any atom is -0.481 e. The van der Waals surface area contributed by atoms with Gasteiger partial charge in [-0.05, 0) is 19.3 Å². The maximum absolute atomic E-state index is 11.3. The number of esters is 1. The summed E-state index contributed by atoms with van der Waals surface area (Å²) in [6.45, 7) is 5.31. The van der Waals surface area contributed by atoms with Crippen molar-refractivity contribution in [2.75, 3.05) is 0 Å². The average Bonchev–Trinajstić information content (AvgIpc) is 2.10. The van der Waals surface area contributed by atoms with Crippen LogP contribution in [0.5, 0.6) is 0 Å². The third kappa shape index (κ3) is 2.05. The number of carbonyl (C=O) groups is 2. The molecule has 1 fully saturated rings. The van der Waals surface area contributed by atoms with E-state index in [0.29, 0.717) is 6.42 Å². The van der Waals surface area contributed by atoms with Crippen LogP contribution in [0.1, 0.15) is 27.2 Å². The molecule has 0 aromatic heterocycles. The molecule has 0 aliphatic carbocycles. The van der Waals surface area contributed by atoms with Crippen molar-refractivity contribution in [3.8, 4) is 0 Å². The van der Waals surface area contributed by atoms with E-state index in [1.165, 1.54) is 0 Å². The molecule has 80 valence electrons. The Morgan fingerprint density at radius 2 is 2.14 bits per heavy atom. The highest BCUT2D eigenvalue weighted by Crippen LogP contribution is 2.29. The molecule has 1 rings (SSSR count). The normalized spacial score (nSPS) is 34.8. The zero-order valence-corrected chi connectivity index (χ0v) is 8.69. The quantitative estimate of drug-likeness (QED) is 0.682. The van der Waals surface area contributed by atoms with E-state index < -0.39 is 18.0 Å². The van der Waals surface area contributed by atoms with Crippen LogP contribution >= 0.6 is 0 Å². The third-order valence-electron chi connectivity index (χ3n) is 2.82. The summed E-state index contributed by atoms with van der Waals surface area (Å²) in [6.07, 6.45) is 0.234. The van der Waals surface area contributed by atoms with Crippen LogP contribution in [0.2, 0.25) is 0 Å². The van der Waals surface area contributed by atoms with Crippen LogP contribution in [0.4, 0.5) is 0 Å². The van der Waals surface area contributed by atoms with Gasteiger partial charge in [-0.3, -0.25) is 9.59 Å². The predicted octanol–water partition coefficient (Wildman–Crippen LogP) is 1.29. The number of hydrogen-bond acceptors (Lipinski definition) is 3. The fraction of sp³-hybridized carbons (Fsp3) is 0.800. The van der Waals surface area contributed by atoms with Gasteiger partial charge in [-0.15, -0.1) is 0 Å². The van der Waals surface area contributed by atoms with Crippen LogP contribution < -0.4 is 0 Å². The Kier molecular flexibility index (Phi) is 3.13. The van der Waals surface area contributed by atoms with Gasteiger partial charge in [0.15, 0.2) is 0 Å². The lowest BCUT2D eigenvalue weighted by Gasteiger charge is -2.34. The number of ether oxygens (including phenoxy) is 1. The van der Waals surface area contributed by atoms with Crippen LogP contribution in [0.25, 0.3) is 0 Å². The summed E-state index contributed by atoms with van der Waals surface area (Å²) in [7, 11) is 0. The van der Waals surface area contributed by atoms with Gasteiger partial charge in [0, 0.05) is 0 Å². The largest absolute Gasteiger partial charge is 0.481 e. The molecule has 0 aromatic rings. The maximum Gasteiger partial charge on any atom is 0.309 e. The Hall–Kier alpha value is -1.06. The summed E-state index contributed by atoms with van der Waals surface area (Å²) in [6, 6.07) is 0. The van der Waals surface area contributed by atoms with E-state index in [1.54, 1.807) is 13.8 Å². The van der Waals surface area contributed by atoms with Gasteiger partial charge in [-0.1, -0.05) is 13.8 Å². The van der Waals surface area contributed by atoms with E-state index in [2.05, 4.69) is 0 Å². The Bertz CT molecular complexity index is 249. The Labute approximate surface area is 83.2 Å². The summed E-state index contributed by atoms with van der Waals surface area (Å²) in [5.74, 6) is -1.80. The number of carboxylic acid groups (broad SMARTS) is 1. The summed E-state index contributed by atoms with van der Waals surface area (Å²) < 4.78 is 5.11. The van der Waals surface area contributed by atoms with Crippen molar-refractivity contribution in [1.82, 2.24) is 0 Å². The number of hydrogen-bond donors (Lipinski definition) is 1. The van der Waals surface area contributed by atoms with Crippen molar-refractivity contribution in [3.05, 3.63) is 0 Å². The van der Waals surface area contributed by atoms with Gasteiger partial charge in [0.25, 0.3) is 0 Å². The van der Waals surface area contributed by atoms with Crippen LogP contribution in [0, 0.1) is 17.8 Å². The van der Waals surface area contributed by atoms with E-state index >= 15 is 0 Å². The Balaban J connectivity index is 2.70. The predicted molar refractivity (Wildman–Crippen MR) is 49.6 cm³/mol.